The molecule has 2 aromatic rings. The molecule has 1 saturated heterocycles. The number of piperazine rings is 1. The van der Waals surface area contributed by atoms with Gasteiger partial charge in [0.05, 0.1) is 0 Å². The zero-order valence-electron chi connectivity index (χ0n) is 16.1. The van der Waals surface area contributed by atoms with Crippen molar-refractivity contribution in [1.29, 1.82) is 0 Å². The average molecular weight is 391 g/mol. The number of hydrogen-bond donors (Lipinski definition) is 1. The number of nitrogens with one attached hydrogen (secondary N) is 1. The van der Waals surface area contributed by atoms with Gasteiger partial charge in [-0.15, -0.1) is 12.4 Å². The number of ketones is 1. The van der Waals surface area contributed by atoms with Gasteiger partial charge in [0.15, 0.2) is 5.78 Å². The number of aryl methyl sites for hydroxylation is 3. The molecule has 0 saturated carbocycles. The fraction of sp³-hybridized carbons (Fsp3) is 0.450. The Morgan fingerprint density at radius 1 is 1.26 bits per heavy atom. The van der Waals surface area contributed by atoms with E-state index in [-0.39, 0.29) is 43.0 Å². The molecule has 1 unspecified atom stereocenters. The molecular formula is C20H27ClN4O2. The van der Waals surface area contributed by atoms with Crippen LogP contribution >= 0.6 is 12.4 Å². The van der Waals surface area contributed by atoms with E-state index in [2.05, 4.69) is 10.3 Å². The van der Waals surface area contributed by atoms with Crippen molar-refractivity contribution >= 4 is 24.1 Å². The van der Waals surface area contributed by atoms with Crippen molar-refractivity contribution in [3.8, 4) is 0 Å². The first-order chi connectivity index (χ1) is 12.5. The zero-order chi connectivity index (χ0) is 18.7. The highest BCUT2D eigenvalue weighted by Crippen LogP contribution is 2.22. The number of imidazole rings is 1. The smallest absolute Gasteiger partial charge is 0.223 e. The van der Waals surface area contributed by atoms with Crippen LogP contribution in [0.5, 0.6) is 0 Å². The monoisotopic (exact) mass is 390 g/mol. The number of hydrogen-bond acceptors (Lipinski definition) is 4. The van der Waals surface area contributed by atoms with E-state index in [0.29, 0.717) is 13.1 Å². The Hall–Kier alpha value is -2.18. The van der Waals surface area contributed by atoms with Gasteiger partial charge in [-0.3, -0.25) is 9.59 Å². The lowest BCUT2D eigenvalue weighted by Crippen LogP contribution is -2.49. The normalized spacial score (nSPS) is 16.7. The molecule has 1 atom stereocenters. The van der Waals surface area contributed by atoms with Crippen LogP contribution in [-0.4, -0.2) is 45.8 Å². The van der Waals surface area contributed by atoms with Gasteiger partial charge in [-0.2, -0.15) is 0 Å². The molecule has 146 valence electrons. The first kappa shape index (κ1) is 21.1. The lowest BCUT2D eigenvalue weighted by atomic mass is 9.99. The third-order valence-electron chi connectivity index (χ3n) is 4.98. The number of halogens is 1. The minimum Gasteiger partial charge on any atom is -0.336 e. The Bertz CT molecular complexity index is 818. The largest absolute Gasteiger partial charge is 0.336 e. The summed E-state index contributed by atoms with van der Waals surface area (Å²) in [6, 6.07) is 5.77. The van der Waals surface area contributed by atoms with Crippen LogP contribution in [0.4, 0.5) is 0 Å². The van der Waals surface area contributed by atoms with Gasteiger partial charge in [0.1, 0.15) is 11.9 Å². The van der Waals surface area contributed by atoms with Gasteiger partial charge in [0.25, 0.3) is 0 Å². The third kappa shape index (κ3) is 4.76. The van der Waals surface area contributed by atoms with Gasteiger partial charge in [-0.05, 0) is 25.5 Å². The maximum atomic E-state index is 12.8. The highest BCUT2D eigenvalue weighted by molar-refractivity contribution is 5.99. The van der Waals surface area contributed by atoms with E-state index in [9.17, 15) is 9.59 Å². The van der Waals surface area contributed by atoms with Crippen molar-refractivity contribution in [2.24, 2.45) is 7.05 Å². The van der Waals surface area contributed by atoms with Crippen molar-refractivity contribution in [1.82, 2.24) is 19.8 Å². The van der Waals surface area contributed by atoms with Crippen LogP contribution in [-0.2, 0) is 11.8 Å². The van der Waals surface area contributed by atoms with Crippen LogP contribution in [0, 0.1) is 13.8 Å². The standard InChI is InChI=1S/C20H26N4O2.ClH/c1-14-4-5-15(2)16(12-14)18(25)6-7-19(26)24-11-8-21-13-17(24)20-22-9-10-23(20)3;/h4-5,9-10,12,17,21H,6-8,11,13H2,1-3H3;1H. The molecule has 1 aliphatic heterocycles. The van der Waals surface area contributed by atoms with Gasteiger partial charge in [0, 0.05) is 57.5 Å². The van der Waals surface area contributed by atoms with Gasteiger partial charge >= 0.3 is 0 Å². The minimum atomic E-state index is -0.0907. The molecule has 0 radical (unpaired) electrons. The third-order valence-corrected chi connectivity index (χ3v) is 4.98. The summed E-state index contributed by atoms with van der Waals surface area (Å²) >= 11 is 0. The number of rotatable bonds is 5. The zero-order valence-corrected chi connectivity index (χ0v) is 16.9. The molecule has 1 amide bonds. The molecule has 1 N–H and O–H groups in total. The second-order valence-corrected chi connectivity index (χ2v) is 6.94. The Labute approximate surface area is 166 Å². The summed E-state index contributed by atoms with van der Waals surface area (Å²) in [4.78, 5) is 31.6. The Balaban J connectivity index is 0.00000261. The number of carbonyl (C=O) groups is 2. The van der Waals surface area contributed by atoms with Crippen LogP contribution in [0.15, 0.2) is 30.6 Å². The molecule has 1 aromatic heterocycles. The summed E-state index contributed by atoms with van der Waals surface area (Å²) in [5.41, 5.74) is 2.74. The van der Waals surface area contributed by atoms with Crippen molar-refractivity contribution in [2.45, 2.75) is 32.7 Å². The SMILES string of the molecule is Cc1ccc(C)c(C(=O)CCC(=O)N2CCNCC2c2nccn2C)c1.Cl. The maximum Gasteiger partial charge on any atom is 0.223 e. The molecule has 1 aromatic carbocycles. The maximum absolute atomic E-state index is 12.8. The molecule has 0 aliphatic carbocycles. The molecular weight excluding hydrogens is 364 g/mol. The number of nitrogens with zero attached hydrogens (tertiary/aromatic N) is 3. The first-order valence-electron chi connectivity index (χ1n) is 9.05. The highest BCUT2D eigenvalue weighted by atomic mass is 35.5. The predicted molar refractivity (Wildman–Crippen MR) is 107 cm³/mol. The Morgan fingerprint density at radius 2 is 2.04 bits per heavy atom. The highest BCUT2D eigenvalue weighted by Gasteiger charge is 2.30. The number of Topliss-reactive ketones (excluding diaryl/α,β-unsaturated/α-hetero) is 1. The number of benzene rings is 1. The molecule has 27 heavy (non-hydrogen) atoms. The molecule has 1 fully saturated rings. The van der Waals surface area contributed by atoms with Crippen molar-refractivity contribution in [2.75, 3.05) is 19.6 Å². The summed E-state index contributed by atoms with van der Waals surface area (Å²) in [6.07, 6.45) is 4.10. The quantitative estimate of drug-likeness (QED) is 0.797. The van der Waals surface area contributed by atoms with Crippen LogP contribution in [0.1, 0.15) is 46.2 Å². The number of aromatic nitrogens is 2. The van der Waals surface area contributed by atoms with E-state index in [0.717, 1.165) is 29.1 Å². The van der Waals surface area contributed by atoms with Crippen LogP contribution in [0.3, 0.4) is 0 Å². The molecule has 0 spiro atoms. The van der Waals surface area contributed by atoms with E-state index < -0.39 is 0 Å². The fourth-order valence-electron chi connectivity index (χ4n) is 3.47. The predicted octanol–water partition coefficient (Wildman–Crippen LogP) is 2.59. The van der Waals surface area contributed by atoms with Gasteiger partial charge in [-0.25, -0.2) is 4.98 Å². The van der Waals surface area contributed by atoms with Crippen LogP contribution < -0.4 is 5.32 Å². The van der Waals surface area contributed by atoms with Gasteiger partial charge < -0.3 is 14.8 Å². The van der Waals surface area contributed by atoms with Crippen LogP contribution in [0.2, 0.25) is 0 Å². The lowest BCUT2D eigenvalue weighted by Gasteiger charge is -2.35. The summed E-state index contributed by atoms with van der Waals surface area (Å²) in [5, 5.41) is 3.33. The molecule has 2 heterocycles. The van der Waals surface area contributed by atoms with Gasteiger partial charge in [0.2, 0.25) is 5.91 Å². The molecule has 3 rings (SSSR count). The summed E-state index contributed by atoms with van der Waals surface area (Å²) < 4.78 is 1.94. The molecule has 1 aliphatic rings. The molecule has 6 nitrogen and oxygen atoms in total. The molecule has 7 heteroatoms. The van der Waals surface area contributed by atoms with Crippen molar-refractivity contribution in [3.05, 3.63) is 53.1 Å². The Morgan fingerprint density at radius 3 is 2.74 bits per heavy atom. The molecule has 0 bridgehead atoms. The van der Waals surface area contributed by atoms with E-state index in [1.165, 1.54) is 0 Å². The van der Waals surface area contributed by atoms with Gasteiger partial charge in [-0.1, -0.05) is 17.7 Å². The van der Waals surface area contributed by atoms with Crippen LogP contribution in [0.25, 0.3) is 0 Å². The van der Waals surface area contributed by atoms with Crippen molar-refractivity contribution in [3.63, 3.8) is 0 Å². The second-order valence-electron chi connectivity index (χ2n) is 6.94. The first-order valence-corrected chi connectivity index (χ1v) is 9.05. The Kier molecular flexibility index (Phi) is 7.16. The summed E-state index contributed by atoms with van der Waals surface area (Å²) in [5.74, 6) is 0.910. The summed E-state index contributed by atoms with van der Waals surface area (Å²) in [7, 11) is 1.93. The van der Waals surface area contributed by atoms with E-state index in [4.69, 9.17) is 0 Å². The van der Waals surface area contributed by atoms with E-state index in [1.807, 2.05) is 54.8 Å². The minimum absolute atomic E-state index is 0. The number of amides is 1. The second kappa shape index (κ2) is 9.15. The summed E-state index contributed by atoms with van der Waals surface area (Å²) in [6.45, 7) is 5.98. The lowest BCUT2D eigenvalue weighted by molar-refractivity contribution is -0.134. The van der Waals surface area contributed by atoms with E-state index in [1.54, 1.807) is 6.20 Å². The van der Waals surface area contributed by atoms with Crippen molar-refractivity contribution < 1.29 is 9.59 Å². The average Bonchev–Trinajstić information content (AvgIpc) is 3.07. The number of carbonyl (C=O) groups excluding carboxylic acids is 2. The topological polar surface area (TPSA) is 67.2 Å². The van der Waals surface area contributed by atoms with E-state index >= 15 is 0 Å². The fourth-order valence-corrected chi connectivity index (χ4v) is 3.47.